The number of rotatable bonds is 4. The molecule has 0 spiro atoms. The monoisotopic (exact) mass is 231 g/mol. The first-order valence-electron chi connectivity index (χ1n) is 6.19. The van der Waals surface area contributed by atoms with E-state index in [0.717, 1.165) is 32.4 Å². The van der Waals surface area contributed by atoms with Gasteiger partial charge in [0, 0.05) is 31.5 Å². The van der Waals surface area contributed by atoms with Gasteiger partial charge >= 0.3 is 0 Å². The number of methoxy groups -OCH3 is 1. The topological polar surface area (TPSA) is 12.5 Å². The number of hydrogen-bond donors (Lipinski definition) is 0. The van der Waals surface area contributed by atoms with Gasteiger partial charge in [-0.3, -0.25) is 4.90 Å². The summed E-state index contributed by atoms with van der Waals surface area (Å²) in [5, 5.41) is 0. The molecule has 92 valence electrons. The van der Waals surface area contributed by atoms with Gasteiger partial charge in [0.1, 0.15) is 0 Å². The lowest BCUT2D eigenvalue weighted by molar-refractivity contribution is -0.0386. The molecule has 2 saturated heterocycles. The largest absolute Gasteiger partial charge is 0.384 e. The van der Waals surface area contributed by atoms with Gasteiger partial charge in [0.15, 0.2) is 0 Å². The quantitative estimate of drug-likeness (QED) is 0.736. The summed E-state index contributed by atoms with van der Waals surface area (Å²) >= 11 is 0. The first-order chi connectivity index (χ1) is 7.56. The highest BCUT2D eigenvalue weighted by molar-refractivity contribution is 5.08. The molecule has 2 bridgehead atoms. The number of nitrogens with zero attached hydrogens (tertiary/aromatic N) is 1. The minimum Gasteiger partial charge on any atom is -0.384 e. The van der Waals surface area contributed by atoms with Crippen LogP contribution in [0, 0.1) is 5.41 Å². The Bertz CT molecular complexity index is 291. The summed E-state index contributed by atoms with van der Waals surface area (Å²) in [7, 11) is 1.70. The summed E-state index contributed by atoms with van der Waals surface area (Å²) in [5.41, 5.74) is 0.204. The zero-order valence-electron chi connectivity index (χ0n) is 9.72. The average Bonchev–Trinajstić information content (AvgIpc) is 2.78. The van der Waals surface area contributed by atoms with Crippen LogP contribution in [0.25, 0.3) is 0 Å². The van der Waals surface area contributed by atoms with Crippen molar-refractivity contribution in [1.82, 2.24) is 4.90 Å². The molecule has 1 aliphatic carbocycles. The van der Waals surface area contributed by atoms with Crippen LogP contribution in [0.1, 0.15) is 32.1 Å². The Kier molecular flexibility index (Phi) is 2.31. The Hall–Kier alpha value is -0.220. The van der Waals surface area contributed by atoms with Crippen LogP contribution in [0.5, 0.6) is 0 Å². The molecule has 2 aliphatic heterocycles. The summed E-state index contributed by atoms with van der Waals surface area (Å²) in [6.45, 7) is 1.56. The maximum atomic E-state index is 13.6. The van der Waals surface area contributed by atoms with Gasteiger partial charge in [-0.05, 0) is 25.7 Å². The van der Waals surface area contributed by atoms with E-state index in [1.54, 1.807) is 7.11 Å². The lowest BCUT2D eigenvalue weighted by Crippen LogP contribution is -2.40. The molecule has 0 aromatic heterocycles. The molecule has 0 aromatic rings. The van der Waals surface area contributed by atoms with Gasteiger partial charge in [-0.1, -0.05) is 0 Å². The first kappa shape index (κ1) is 10.9. The van der Waals surface area contributed by atoms with Crippen molar-refractivity contribution in [2.75, 3.05) is 20.3 Å². The smallest absolute Gasteiger partial charge is 0.264 e. The van der Waals surface area contributed by atoms with Crippen LogP contribution in [0.2, 0.25) is 0 Å². The van der Waals surface area contributed by atoms with Crippen molar-refractivity contribution in [3.8, 4) is 0 Å². The summed E-state index contributed by atoms with van der Waals surface area (Å²) in [5.74, 6) is -2.44. The molecule has 0 N–H and O–H groups in total. The van der Waals surface area contributed by atoms with E-state index in [1.165, 1.54) is 0 Å². The summed E-state index contributed by atoms with van der Waals surface area (Å²) < 4.78 is 32.4. The lowest BCUT2D eigenvalue weighted by Gasteiger charge is -2.27. The van der Waals surface area contributed by atoms with Crippen molar-refractivity contribution in [2.24, 2.45) is 5.41 Å². The molecule has 2 unspecified atom stereocenters. The van der Waals surface area contributed by atoms with E-state index < -0.39 is 12.0 Å². The molecule has 16 heavy (non-hydrogen) atoms. The molecule has 0 amide bonds. The third kappa shape index (κ3) is 1.58. The van der Waals surface area contributed by atoms with Crippen LogP contribution in [0.3, 0.4) is 0 Å². The lowest BCUT2D eigenvalue weighted by atomic mass is 9.97. The molecule has 3 rings (SSSR count). The third-order valence-electron chi connectivity index (χ3n) is 4.56. The second-order valence-electron chi connectivity index (χ2n) is 5.82. The number of alkyl halides is 2. The van der Waals surface area contributed by atoms with E-state index in [9.17, 15) is 8.78 Å². The van der Waals surface area contributed by atoms with Crippen LogP contribution >= 0.6 is 0 Å². The fourth-order valence-corrected chi connectivity index (χ4v) is 3.52. The number of hydrogen-bond acceptors (Lipinski definition) is 2. The van der Waals surface area contributed by atoms with Gasteiger partial charge in [-0.25, -0.2) is 8.78 Å². The highest BCUT2D eigenvalue weighted by atomic mass is 19.3. The average molecular weight is 231 g/mol. The molecule has 3 fully saturated rings. The van der Waals surface area contributed by atoms with Gasteiger partial charge in [-0.15, -0.1) is 0 Å². The van der Waals surface area contributed by atoms with E-state index in [0.29, 0.717) is 6.42 Å². The molecule has 2 heterocycles. The van der Waals surface area contributed by atoms with Crippen molar-refractivity contribution in [3.05, 3.63) is 0 Å². The molecule has 2 nitrogen and oxygen atoms in total. The molecule has 2 atom stereocenters. The minimum absolute atomic E-state index is 0.0841. The van der Waals surface area contributed by atoms with Crippen LogP contribution in [-0.4, -0.2) is 43.2 Å². The Morgan fingerprint density at radius 1 is 1.31 bits per heavy atom. The molecule has 0 aromatic carbocycles. The second-order valence-corrected chi connectivity index (χ2v) is 5.82. The fraction of sp³-hybridized carbons (Fsp3) is 1.00. The predicted molar refractivity (Wildman–Crippen MR) is 56.6 cm³/mol. The van der Waals surface area contributed by atoms with Crippen LogP contribution in [0.15, 0.2) is 0 Å². The van der Waals surface area contributed by atoms with E-state index in [-0.39, 0.29) is 17.9 Å². The van der Waals surface area contributed by atoms with Crippen LogP contribution in [-0.2, 0) is 4.74 Å². The molecule has 0 radical (unpaired) electrons. The maximum Gasteiger partial charge on any atom is 0.264 e. The van der Waals surface area contributed by atoms with E-state index >= 15 is 0 Å². The fourth-order valence-electron chi connectivity index (χ4n) is 3.52. The maximum absolute atomic E-state index is 13.6. The van der Waals surface area contributed by atoms with Gasteiger partial charge in [0.05, 0.1) is 12.6 Å². The number of halogens is 2. The normalized spacial score (nSPS) is 39.2. The summed E-state index contributed by atoms with van der Waals surface area (Å²) in [6, 6.07) is -0.346. The summed E-state index contributed by atoms with van der Waals surface area (Å²) in [4.78, 5) is 2.08. The first-order valence-corrected chi connectivity index (χ1v) is 6.19. The van der Waals surface area contributed by atoms with Gasteiger partial charge in [0.25, 0.3) is 5.92 Å². The van der Waals surface area contributed by atoms with E-state index in [1.807, 2.05) is 0 Å². The van der Waals surface area contributed by atoms with Crippen LogP contribution in [0.4, 0.5) is 8.78 Å². The van der Waals surface area contributed by atoms with Crippen molar-refractivity contribution < 1.29 is 13.5 Å². The highest BCUT2D eigenvalue weighted by Gasteiger charge is 2.60. The molecule has 3 aliphatic rings. The summed E-state index contributed by atoms with van der Waals surface area (Å²) in [6.07, 6.45) is 4.01. The predicted octanol–water partition coefficient (Wildman–Crippen LogP) is 2.29. The SMILES string of the molecule is COCC1(CN2C3CCC2C(F)(F)C3)CC1. The molecule has 4 heteroatoms. The Morgan fingerprint density at radius 3 is 2.50 bits per heavy atom. The van der Waals surface area contributed by atoms with Gasteiger partial charge in [-0.2, -0.15) is 0 Å². The molecule has 1 saturated carbocycles. The Morgan fingerprint density at radius 2 is 2.06 bits per heavy atom. The van der Waals surface area contributed by atoms with Crippen molar-refractivity contribution in [1.29, 1.82) is 0 Å². The Labute approximate surface area is 94.9 Å². The van der Waals surface area contributed by atoms with E-state index in [4.69, 9.17) is 4.74 Å². The van der Waals surface area contributed by atoms with Crippen molar-refractivity contribution in [3.63, 3.8) is 0 Å². The van der Waals surface area contributed by atoms with E-state index in [2.05, 4.69) is 4.90 Å². The standard InChI is InChI=1S/C12H19F2NO/c1-16-8-11(4-5-11)7-15-9-2-3-10(15)12(13,14)6-9/h9-10H,2-8H2,1H3. The number of fused-ring (bicyclic) bond motifs is 2. The zero-order valence-corrected chi connectivity index (χ0v) is 9.72. The highest BCUT2D eigenvalue weighted by Crippen LogP contribution is 2.53. The number of ether oxygens (including phenoxy) is 1. The van der Waals surface area contributed by atoms with Gasteiger partial charge in [0.2, 0.25) is 0 Å². The zero-order chi connectivity index (χ0) is 11.4. The van der Waals surface area contributed by atoms with Crippen molar-refractivity contribution in [2.45, 2.75) is 50.1 Å². The second kappa shape index (κ2) is 3.39. The van der Waals surface area contributed by atoms with Crippen LogP contribution < -0.4 is 0 Å². The Balaban J connectivity index is 1.69. The molecular weight excluding hydrogens is 212 g/mol. The minimum atomic E-state index is -2.44. The van der Waals surface area contributed by atoms with Gasteiger partial charge < -0.3 is 4.74 Å². The molecular formula is C12H19F2NO. The van der Waals surface area contributed by atoms with Crippen molar-refractivity contribution >= 4 is 0 Å². The third-order valence-corrected chi connectivity index (χ3v) is 4.56.